The second-order valence-electron chi connectivity index (χ2n) is 6.22. The Balaban J connectivity index is 1.64. The normalized spacial score (nSPS) is 10.5. The highest BCUT2D eigenvalue weighted by molar-refractivity contribution is 6.31. The van der Waals surface area contributed by atoms with Gasteiger partial charge in [0.15, 0.2) is 11.5 Å². The summed E-state index contributed by atoms with van der Waals surface area (Å²) in [5.74, 6) is 1.40. The van der Waals surface area contributed by atoms with Gasteiger partial charge in [0.05, 0.1) is 7.11 Å². The van der Waals surface area contributed by atoms with Crippen molar-refractivity contribution in [3.8, 4) is 11.5 Å². The lowest BCUT2D eigenvalue weighted by Gasteiger charge is -2.13. The van der Waals surface area contributed by atoms with Crippen LogP contribution in [0.25, 0.3) is 0 Å². The van der Waals surface area contributed by atoms with E-state index in [-0.39, 0.29) is 0 Å². The first-order valence-electron chi connectivity index (χ1n) is 8.59. The SMILES string of the molecule is COc1cc(CNc2ccc(C)c(Cl)c2)ccc1OCc1ccc(Cl)cc1. The summed E-state index contributed by atoms with van der Waals surface area (Å²) in [4.78, 5) is 0. The summed E-state index contributed by atoms with van der Waals surface area (Å²) >= 11 is 12.1. The Morgan fingerprint density at radius 2 is 1.59 bits per heavy atom. The van der Waals surface area contributed by atoms with Crippen LogP contribution in [0.4, 0.5) is 5.69 Å². The Kier molecular flexibility index (Phi) is 6.49. The van der Waals surface area contributed by atoms with Gasteiger partial charge in [0.2, 0.25) is 0 Å². The van der Waals surface area contributed by atoms with Gasteiger partial charge in [-0.1, -0.05) is 47.5 Å². The lowest BCUT2D eigenvalue weighted by molar-refractivity contribution is 0.284. The third kappa shape index (κ3) is 5.31. The Morgan fingerprint density at radius 3 is 2.30 bits per heavy atom. The first kappa shape index (κ1) is 19.4. The van der Waals surface area contributed by atoms with Crippen molar-refractivity contribution in [1.29, 1.82) is 0 Å². The zero-order chi connectivity index (χ0) is 19.2. The number of benzene rings is 3. The van der Waals surface area contributed by atoms with Crippen molar-refractivity contribution in [3.63, 3.8) is 0 Å². The van der Waals surface area contributed by atoms with Crippen LogP contribution in [0.5, 0.6) is 11.5 Å². The number of anilines is 1. The van der Waals surface area contributed by atoms with Crippen molar-refractivity contribution in [2.75, 3.05) is 12.4 Å². The molecule has 0 aliphatic rings. The molecule has 3 aromatic carbocycles. The molecule has 0 amide bonds. The van der Waals surface area contributed by atoms with Gasteiger partial charge in [-0.05, 0) is 60.0 Å². The summed E-state index contributed by atoms with van der Waals surface area (Å²) in [6.07, 6.45) is 0. The zero-order valence-corrected chi connectivity index (χ0v) is 16.8. The predicted molar refractivity (Wildman–Crippen MR) is 112 cm³/mol. The topological polar surface area (TPSA) is 30.5 Å². The van der Waals surface area contributed by atoms with E-state index >= 15 is 0 Å². The quantitative estimate of drug-likeness (QED) is 0.489. The van der Waals surface area contributed by atoms with Crippen LogP contribution in [-0.4, -0.2) is 7.11 Å². The zero-order valence-electron chi connectivity index (χ0n) is 15.3. The smallest absolute Gasteiger partial charge is 0.161 e. The van der Waals surface area contributed by atoms with Crippen LogP contribution >= 0.6 is 23.2 Å². The molecular formula is C22H21Cl2NO2. The molecule has 3 nitrogen and oxygen atoms in total. The number of hydrogen-bond acceptors (Lipinski definition) is 3. The lowest BCUT2D eigenvalue weighted by Crippen LogP contribution is -2.02. The molecule has 0 saturated carbocycles. The number of rotatable bonds is 7. The van der Waals surface area contributed by atoms with Crippen LogP contribution in [-0.2, 0) is 13.2 Å². The van der Waals surface area contributed by atoms with Gasteiger partial charge in [0.1, 0.15) is 6.61 Å². The fourth-order valence-electron chi connectivity index (χ4n) is 2.59. The van der Waals surface area contributed by atoms with Crippen LogP contribution in [0.15, 0.2) is 60.7 Å². The minimum Gasteiger partial charge on any atom is -0.493 e. The van der Waals surface area contributed by atoms with Crippen LogP contribution < -0.4 is 14.8 Å². The summed E-state index contributed by atoms with van der Waals surface area (Å²) in [5, 5.41) is 4.83. The van der Waals surface area contributed by atoms with Crippen molar-refractivity contribution >= 4 is 28.9 Å². The maximum absolute atomic E-state index is 6.17. The summed E-state index contributed by atoms with van der Waals surface area (Å²) < 4.78 is 11.4. The van der Waals surface area contributed by atoms with Gasteiger partial charge in [-0.2, -0.15) is 0 Å². The number of hydrogen-bond donors (Lipinski definition) is 1. The van der Waals surface area contributed by atoms with Crippen LogP contribution in [0.2, 0.25) is 10.0 Å². The molecule has 0 aliphatic carbocycles. The number of aryl methyl sites for hydroxylation is 1. The van der Waals surface area contributed by atoms with Crippen molar-refractivity contribution in [1.82, 2.24) is 0 Å². The molecule has 0 aliphatic heterocycles. The van der Waals surface area contributed by atoms with Crippen LogP contribution in [0.1, 0.15) is 16.7 Å². The molecule has 0 aromatic heterocycles. The van der Waals surface area contributed by atoms with Gasteiger partial charge in [-0.25, -0.2) is 0 Å². The Morgan fingerprint density at radius 1 is 0.852 bits per heavy atom. The number of methoxy groups -OCH3 is 1. The Labute approximate surface area is 169 Å². The van der Waals surface area contributed by atoms with Gasteiger partial charge >= 0.3 is 0 Å². The second kappa shape index (κ2) is 9.03. The van der Waals surface area contributed by atoms with E-state index < -0.39 is 0 Å². The number of nitrogens with one attached hydrogen (secondary N) is 1. The molecular weight excluding hydrogens is 381 g/mol. The molecule has 0 atom stereocenters. The fraction of sp³-hybridized carbons (Fsp3) is 0.182. The molecule has 0 bridgehead atoms. The van der Waals surface area contributed by atoms with Gasteiger partial charge in [-0.15, -0.1) is 0 Å². The van der Waals surface area contributed by atoms with Gasteiger partial charge in [-0.3, -0.25) is 0 Å². The van der Waals surface area contributed by atoms with Crippen molar-refractivity contribution in [3.05, 3.63) is 87.4 Å². The number of halogens is 2. The molecule has 0 saturated heterocycles. The molecule has 3 aromatic rings. The van der Waals surface area contributed by atoms with Gasteiger partial charge in [0, 0.05) is 22.3 Å². The summed E-state index contributed by atoms with van der Waals surface area (Å²) in [6.45, 7) is 3.10. The standard InChI is InChI=1S/C22H21Cl2NO2/c1-15-3-9-19(12-20(15)24)25-13-17-6-10-21(22(11-17)26-2)27-14-16-4-7-18(23)8-5-16/h3-12,25H,13-14H2,1-2H3. The average Bonchev–Trinajstić information content (AvgIpc) is 2.68. The molecule has 3 rings (SSSR count). The van der Waals surface area contributed by atoms with Gasteiger partial charge < -0.3 is 14.8 Å². The third-order valence-electron chi connectivity index (χ3n) is 4.20. The summed E-state index contributed by atoms with van der Waals surface area (Å²) in [6, 6.07) is 19.4. The summed E-state index contributed by atoms with van der Waals surface area (Å²) in [5.41, 5.74) is 4.17. The number of ether oxygens (including phenoxy) is 2. The van der Waals surface area contributed by atoms with Crippen LogP contribution in [0.3, 0.4) is 0 Å². The van der Waals surface area contributed by atoms with E-state index in [9.17, 15) is 0 Å². The van der Waals surface area contributed by atoms with E-state index in [2.05, 4.69) is 5.32 Å². The van der Waals surface area contributed by atoms with Crippen LogP contribution in [0, 0.1) is 6.92 Å². The second-order valence-corrected chi connectivity index (χ2v) is 7.06. The molecule has 140 valence electrons. The van der Waals surface area contributed by atoms with E-state index in [4.69, 9.17) is 32.7 Å². The first-order valence-corrected chi connectivity index (χ1v) is 9.35. The molecule has 27 heavy (non-hydrogen) atoms. The monoisotopic (exact) mass is 401 g/mol. The molecule has 0 unspecified atom stereocenters. The van der Waals surface area contributed by atoms with E-state index in [1.807, 2.05) is 67.6 Å². The highest BCUT2D eigenvalue weighted by Gasteiger charge is 2.07. The lowest BCUT2D eigenvalue weighted by atomic mass is 10.1. The highest BCUT2D eigenvalue weighted by Crippen LogP contribution is 2.29. The van der Waals surface area contributed by atoms with E-state index in [0.29, 0.717) is 29.7 Å². The third-order valence-corrected chi connectivity index (χ3v) is 4.86. The van der Waals surface area contributed by atoms with Crippen molar-refractivity contribution in [2.24, 2.45) is 0 Å². The van der Waals surface area contributed by atoms with E-state index in [1.54, 1.807) is 7.11 Å². The molecule has 0 spiro atoms. The first-order chi connectivity index (χ1) is 13.0. The van der Waals surface area contributed by atoms with Crippen molar-refractivity contribution in [2.45, 2.75) is 20.1 Å². The maximum Gasteiger partial charge on any atom is 0.161 e. The molecule has 1 N–H and O–H groups in total. The average molecular weight is 402 g/mol. The minimum absolute atomic E-state index is 0.451. The fourth-order valence-corrected chi connectivity index (χ4v) is 2.90. The van der Waals surface area contributed by atoms with Gasteiger partial charge in [0.25, 0.3) is 0 Å². The predicted octanol–water partition coefficient (Wildman–Crippen LogP) is 6.50. The minimum atomic E-state index is 0.451. The molecule has 0 heterocycles. The van der Waals surface area contributed by atoms with Crippen molar-refractivity contribution < 1.29 is 9.47 Å². The Hall–Kier alpha value is -2.36. The summed E-state index contributed by atoms with van der Waals surface area (Å²) in [7, 11) is 1.64. The molecule has 0 radical (unpaired) electrons. The molecule has 5 heteroatoms. The van der Waals surface area contributed by atoms with E-state index in [0.717, 1.165) is 27.4 Å². The molecule has 0 fully saturated rings. The van der Waals surface area contributed by atoms with E-state index in [1.165, 1.54) is 0 Å². The largest absolute Gasteiger partial charge is 0.493 e. The highest BCUT2D eigenvalue weighted by atomic mass is 35.5. The Bertz CT molecular complexity index is 911. The maximum atomic E-state index is 6.17.